The Morgan fingerprint density at radius 3 is 2.85 bits per heavy atom. The van der Waals surface area contributed by atoms with Gasteiger partial charge in [-0.15, -0.1) is 0 Å². The summed E-state index contributed by atoms with van der Waals surface area (Å²) in [6.45, 7) is -0.576. The Labute approximate surface area is 81.5 Å². The van der Waals surface area contributed by atoms with Crippen LogP contribution >= 0.6 is 11.6 Å². The maximum Gasteiger partial charge on any atom is 0.120 e. The molecule has 0 atom stereocenters. The van der Waals surface area contributed by atoms with Gasteiger partial charge in [0.1, 0.15) is 13.0 Å². The molecule has 0 unspecified atom stereocenters. The van der Waals surface area contributed by atoms with Crippen LogP contribution in [0.5, 0.6) is 0 Å². The van der Waals surface area contributed by atoms with Gasteiger partial charge in [-0.05, 0) is 18.1 Å². The Hall–Kier alpha value is -0.890. The van der Waals surface area contributed by atoms with Crippen LogP contribution in [0.15, 0.2) is 18.2 Å². The van der Waals surface area contributed by atoms with Gasteiger partial charge in [-0.1, -0.05) is 23.7 Å². The first-order valence-corrected chi connectivity index (χ1v) is 4.43. The van der Waals surface area contributed by atoms with Crippen molar-refractivity contribution in [1.29, 1.82) is 0 Å². The van der Waals surface area contributed by atoms with Crippen LogP contribution in [-0.2, 0) is 17.9 Å². The fourth-order valence-corrected chi connectivity index (χ4v) is 1.45. The van der Waals surface area contributed by atoms with Crippen LogP contribution in [-0.4, -0.2) is 6.29 Å². The number of carbonyl (C=O) groups is 1. The predicted octanol–water partition coefficient (Wildman–Crippen LogP) is 2.94. The molecule has 3 heteroatoms. The minimum atomic E-state index is -0.576. The number of aryl methyl sites for hydroxylation is 1. The summed E-state index contributed by atoms with van der Waals surface area (Å²) in [7, 11) is 0. The largest absolute Gasteiger partial charge is 0.303 e. The zero-order valence-electron chi connectivity index (χ0n) is 7.09. The first kappa shape index (κ1) is 10.2. The van der Waals surface area contributed by atoms with Crippen molar-refractivity contribution in [2.45, 2.75) is 19.5 Å². The van der Waals surface area contributed by atoms with Gasteiger partial charge in [0.15, 0.2) is 0 Å². The molecule has 0 aromatic heterocycles. The molecule has 1 nitrogen and oxygen atoms in total. The Balaban J connectivity index is 2.91. The molecule has 1 rings (SSSR count). The van der Waals surface area contributed by atoms with Crippen molar-refractivity contribution in [3.63, 3.8) is 0 Å². The van der Waals surface area contributed by atoms with Gasteiger partial charge in [0.2, 0.25) is 0 Å². The van der Waals surface area contributed by atoms with E-state index in [2.05, 4.69) is 0 Å². The van der Waals surface area contributed by atoms with E-state index in [1.54, 1.807) is 18.2 Å². The number of alkyl halides is 1. The summed E-state index contributed by atoms with van der Waals surface area (Å²) in [5.74, 6) is 0. The van der Waals surface area contributed by atoms with E-state index in [0.717, 1.165) is 11.8 Å². The molecule has 70 valence electrons. The molecule has 0 fully saturated rings. The van der Waals surface area contributed by atoms with E-state index in [4.69, 9.17) is 11.6 Å². The summed E-state index contributed by atoms with van der Waals surface area (Å²) in [5.41, 5.74) is 1.33. The lowest BCUT2D eigenvalue weighted by Crippen LogP contribution is -1.93. The van der Waals surface area contributed by atoms with E-state index in [1.165, 1.54) is 0 Å². The molecule has 1 aromatic carbocycles. The van der Waals surface area contributed by atoms with Crippen LogP contribution in [0.1, 0.15) is 17.5 Å². The molecule has 13 heavy (non-hydrogen) atoms. The van der Waals surface area contributed by atoms with E-state index in [0.29, 0.717) is 23.4 Å². The van der Waals surface area contributed by atoms with Crippen LogP contribution in [0.2, 0.25) is 5.02 Å². The summed E-state index contributed by atoms with van der Waals surface area (Å²) in [5, 5.41) is 0.436. The third-order valence-corrected chi connectivity index (χ3v) is 2.24. The van der Waals surface area contributed by atoms with Crippen LogP contribution in [0.4, 0.5) is 4.39 Å². The molecule has 0 amide bonds. The number of aldehydes is 1. The molecule has 0 aliphatic heterocycles. The van der Waals surface area contributed by atoms with E-state index >= 15 is 0 Å². The van der Waals surface area contributed by atoms with Crippen LogP contribution in [0.3, 0.4) is 0 Å². The summed E-state index contributed by atoms with van der Waals surface area (Å²) in [6.07, 6.45) is 1.79. The first-order valence-electron chi connectivity index (χ1n) is 4.05. The van der Waals surface area contributed by atoms with Crippen molar-refractivity contribution in [3.8, 4) is 0 Å². The quantitative estimate of drug-likeness (QED) is 0.683. The molecule has 0 saturated heterocycles. The third kappa shape index (κ3) is 2.52. The van der Waals surface area contributed by atoms with Crippen molar-refractivity contribution in [3.05, 3.63) is 34.3 Å². The second kappa shape index (κ2) is 4.97. The van der Waals surface area contributed by atoms with Gasteiger partial charge in [0.05, 0.1) is 0 Å². The number of benzene rings is 1. The van der Waals surface area contributed by atoms with E-state index in [1.807, 2.05) is 0 Å². The van der Waals surface area contributed by atoms with Crippen LogP contribution in [0, 0.1) is 0 Å². The minimum absolute atomic E-state index is 0.410. The van der Waals surface area contributed by atoms with Crippen molar-refractivity contribution in [1.82, 2.24) is 0 Å². The highest BCUT2D eigenvalue weighted by atomic mass is 35.5. The standard InChI is InChI=1S/C10H10ClFO/c11-10-5-1-3-8(4-2-6-13)9(10)7-12/h1,3,5-6H,2,4,7H2. The molecule has 0 N–H and O–H groups in total. The summed E-state index contributed by atoms with van der Waals surface area (Å²) < 4.78 is 12.5. The Morgan fingerprint density at radius 2 is 2.23 bits per heavy atom. The van der Waals surface area contributed by atoms with E-state index in [-0.39, 0.29) is 0 Å². The number of carbonyl (C=O) groups excluding carboxylic acids is 1. The average Bonchev–Trinajstić information content (AvgIpc) is 2.15. The lowest BCUT2D eigenvalue weighted by Gasteiger charge is -2.05. The molecule has 0 aliphatic carbocycles. The maximum absolute atomic E-state index is 12.5. The molecule has 0 aliphatic rings. The second-order valence-electron chi connectivity index (χ2n) is 2.72. The minimum Gasteiger partial charge on any atom is -0.303 e. The lowest BCUT2D eigenvalue weighted by molar-refractivity contribution is -0.107. The highest BCUT2D eigenvalue weighted by molar-refractivity contribution is 6.31. The zero-order chi connectivity index (χ0) is 9.68. The first-order chi connectivity index (χ1) is 6.29. The molecule has 0 spiro atoms. The molecule has 0 saturated carbocycles. The predicted molar refractivity (Wildman–Crippen MR) is 50.6 cm³/mol. The fourth-order valence-electron chi connectivity index (χ4n) is 1.20. The monoisotopic (exact) mass is 200 g/mol. The summed E-state index contributed by atoms with van der Waals surface area (Å²) in [4.78, 5) is 10.1. The molecule has 0 heterocycles. The number of hydrogen-bond acceptors (Lipinski definition) is 1. The molecular formula is C10H10ClFO. The Kier molecular flexibility index (Phi) is 3.90. The van der Waals surface area contributed by atoms with E-state index < -0.39 is 6.67 Å². The molecular weight excluding hydrogens is 191 g/mol. The van der Waals surface area contributed by atoms with Gasteiger partial charge < -0.3 is 4.79 Å². The number of hydrogen-bond donors (Lipinski definition) is 0. The van der Waals surface area contributed by atoms with Gasteiger partial charge in [0.25, 0.3) is 0 Å². The SMILES string of the molecule is O=CCCc1cccc(Cl)c1CF. The summed E-state index contributed by atoms with van der Waals surface area (Å²) in [6, 6.07) is 5.22. The third-order valence-electron chi connectivity index (χ3n) is 1.88. The van der Waals surface area contributed by atoms with Crippen LogP contribution in [0.25, 0.3) is 0 Å². The zero-order valence-corrected chi connectivity index (χ0v) is 7.85. The average molecular weight is 201 g/mol. The molecule has 0 radical (unpaired) electrons. The Bertz CT molecular complexity index is 299. The highest BCUT2D eigenvalue weighted by Gasteiger charge is 2.05. The maximum atomic E-state index is 12.5. The molecule has 0 bridgehead atoms. The van der Waals surface area contributed by atoms with Gasteiger partial charge in [-0.2, -0.15) is 0 Å². The fraction of sp³-hybridized carbons (Fsp3) is 0.300. The summed E-state index contributed by atoms with van der Waals surface area (Å²) >= 11 is 5.78. The van der Waals surface area contributed by atoms with Gasteiger partial charge in [-0.25, -0.2) is 4.39 Å². The Morgan fingerprint density at radius 1 is 1.46 bits per heavy atom. The van der Waals surface area contributed by atoms with Crippen molar-refractivity contribution >= 4 is 17.9 Å². The molecule has 1 aromatic rings. The van der Waals surface area contributed by atoms with Gasteiger partial charge in [-0.3, -0.25) is 0 Å². The van der Waals surface area contributed by atoms with Crippen molar-refractivity contribution < 1.29 is 9.18 Å². The highest BCUT2D eigenvalue weighted by Crippen LogP contribution is 2.21. The second-order valence-corrected chi connectivity index (χ2v) is 3.12. The topological polar surface area (TPSA) is 17.1 Å². The van der Waals surface area contributed by atoms with Gasteiger partial charge in [0, 0.05) is 17.0 Å². The number of halogens is 2. The van der Waals surface area contributed by atoms with Crippen molar-refractivity contribution in [2.75, 3.05) is 0 Å². The van der Waals surface area contributed by atoms with Gasteiger partial charge >= 0.3 is 0 Å². The normalized spacial score (nSPS) is 10.0. The number of rotatable bonds is 4. The lowest BCUT2D eigenvalue weighted by atomic mass is 10.0. The van der Waals surface area contributed by atoms with Crippen molar-refractivity contribution in [2.24, 2.45) is 0 Å². The van der Waals surface area contributed by atoms with Crippen LogP contribution < -0.4 is 0 Å². The van der Waals surface area contributed by atoms with E-state index in [9.17, 15) is 9.18 Å². The smallest absolute Gasteiger partial charge is 0.120 e.